The standard InChI is InChI=1S/C17H17NO2/c1-17-7-6-11-12-3-2-10(19)8-15(12)18-9-13(11)14(17)4-5-16(17)20/h2-3,8-9,14,19H,4-7H2,1H3. The molecule has 1 N–H and O–H groups in total. The molecule has 102 valence electrons. The van der Waals surface area contributed by atoms with Gasteiger partial charge in [0.15, 0.2) is 0 Å². The molecule has 0 radical (unpaired) electrons. The summed E-state index contributed by atoms with van der Waals surface area (Å²) in [4.78, 5) is 16.7. The van der Waals surface area contributed by atoms with Crippen molar-refractivity contribution in [1.82, 2.24) is 4.98 Å². The minimum absolute atomic E-state index is 0.181. The molecular formula is C17H17NO2. The number of rotatable bonds is 0. The quantitative estimate of drug-likeness (QED) is 0.796. The highest BCUT2D eigenvalue weighted by Gasteiger charge is 2.49. The first-order valence-electron chi connectivity index (χ1n) is 7.23. The van der Waals surface area contributed by atoms with Crippen molar-refractivity contribution < 1.29 is 9.90 Å². The van der Waals surface area contributed by atoms with Crippen molar-refractivity contribution in [2.45, 2.75) is 38.5 Å². The maximum atomic E-state index is 12.2. The monoisotopic (exact) mass is 267 g/mol. The van der Waals surface area contributed by atoms with E-state index in [2.05, 4.69) is 11.9 Å². The van der Waals surface area contributed by atoms with Crippen LogP contribution in [0.25, 0.3) is 10.9 Å². The molecule has 0 bridgehead atoms. The molecule has 2 aliphatic rings. The van der Waals surface area contributed by atoms with Gasteiger partial charge in [-0.05, 0) is 48.4 Å². The van der Waals surface area contributed by atoms with Crippen molar-refractivity contribution in [3.63, 3.8) is 0 Å². The van der Waals surface area contributed by atoms with Crippen LogP contribution in [0.15, 0.2) is 24.4 Å². The number of pyridine rings is 1. The average molecular weight is 267 g/mol. The highest BCUT2D eigenvalue weighted by Crippen LogP contribution is 2.54. The second kappa shape index (κ2) is 3.81. The van der Waals surface area contributed by atoms with Crippen molar-refractivity contribution in [2.24, 2.45) is 5.41 Å². The van der Waals surface area contributed by atoms with Crippen LogP contribution in [-0.4, -0.2) is 15.9 Å². The third kappa shape index (κ3) is 1.41. The fourth-order valence-corrected chi connectivity index (χ4v) is 4.10. The number of aromatic hydroxyl groups is 1. The Balaban J connectivity index is 1.95. The number of carbonyl (C=O) groups is 1. The van der Waals surface area contributed by atoms with Gasteiger partial charge in [-0.2, -0.15) is 0 Å². The van der Waals surface area contributed by atoms with E-state index in [4.69, 9.17) is 0 Å². The van der Waals surface area contributed by atoms with Gasteiger partial charge in [-0.1, -0.05) is 6.92 Å². The largest absolute Gasteiger partial charge is 0.508 e. The van der Waals surface area contributed by atoms with E-state index in [1.807, 2.05) is 12.3 Å². The predicted octanol–water partition coefficient (Wildman–Crippen LogP) is 3.34. The molecule has 4 rings (SSSR count). The Morgan fingerprint density at radius 1 is 1.35 bits per heavy atom. The fraction of sp³-hybridized carbons (Fsp3) is 0.412. The second-order valence-electron chi connectivity index (χ2n) is 6.33. The van der Waals surface area contributed by atoms with Gasteiger partial charge in [0, 0.05) is 29.5 Å². The summed E-state index contributed by atoms with van der Waals surface area (Å²) in [5.41, 5.74) is 3.24. The van der Waals surface area contributed by atoms with Crippen LogP contribution in [0.4, 0.5) is 0 Å². The van der Waals surface area contributed by atoms with Crippen LogP contribution in [0.3, 0.4) is 0 Å². The minimum atomic E-state index is -0.181. The maximum Gasteiger partial charge on any atom is 0.139 e. The van der Waals surface area contributed by atoms with Gasteiger partial charge >= 0.3 is 0 Å². The number of hydrogen-bond acceptors (Lipinski definition) is 3. The number of Topliss-reactive ketones (excluding diaryl/α,β-unsaturated/α-hetero) is 1. The Kier molecular flexibility index (Phi) is 2.27. The predicted molar refractivity (Wildman–Crippen MR) is 76.8 cm³/mol. The minimum Gasteiger partial charge on any atom is -0.508 e. The molecule has 2 aliphatic carbocycles. The molecule has 0 aliphatic heterocycles. The first-order chi connectivity index (χ1) is 9.59. The van der Waals surface area contributed by atoms with Gasteiger partial charge in [0.2, 0.25) is 0 Å². The summed E-state index contributed by atoms with van der Waals surface area (Å²) in [6.07, 6.45) is 5.45. The number of ketones is 1. The molecule has 0 spiro atoms. The lowest BCUT2D eigenvalue weighted by Gasteiger charge is -2.36. The SMILES string of the molecule is CC12CCc3c(cnc4cc(O)ccc34)C1CCC2=O. The summed E-state index contributed by atoms with van der Waals surface area (Å²) in [6, 6.07) is 5.39. The van der Waals surface area contributed by atoms with E-state index in [0.717, 1.165) is 30.2 Å². The van der Waals surface area contributed by atoms with Gasteiger partial charge in [0.1, 0.15) is 11.5 Å². The number of aryl methyl sites for hydroxylation is 1. The van der Waals surface area contributed by atoms with E-state index in [1.54, 1.807) is 12.1 Å². The molecule has 1 aromatic carbocycles. The zero-order chi connectivity index (χ0) is 13.9. The third-order valence-corrected chi connectivity index (χ3v) is 5.33. The lowest BCUT2D eigenvalue weighted by atomic mass is 9.66. The molecule has 0 amide bonds. The number of fused-ring (bicyclic) bond motifs is 5. The van der Waals surface area contributed by atoms with Crippen LogP contribution in [0, 0.1) is 5.41 Å². The molecule has 0 saturated heterocycles. The van der Waals surface area contributed by atoms with Crippen molar-refractivity contribution >= 4 is 16.7 Å². The normalized spacial score (nSPS) is 28.4. The smallest absolute Gasteiger partial charge is 0.139 e. The van der Waals surface area contributed by atoms with E-state index >= 15 is 0 Å². The Morgan fingerprint density at radius 2 is 2.20 bits per heavy atom. The summed E-state index contributed by atoms with van der Waals surface area (Å²) >= 11 is 0. The molecule has 2 unspecified atom stereocenters. The summed E-state index contributed by atoms with van der Waals surface area (Å²) in [7, 11) is 0. The maximum absolute atomic E-state index is 12.2. The van der Waals surface area contributed by atoms with E-state index < -0.39 is 0 Å². The van der Waals surface area contributed by atoms with Crippen LogP contribution >= 0.6 is 0 Å². The average Bonchev–Trinajstić information content (AvgIpc) is 2.74. The van der Waals surface area contributed by atoms with E-state index in [9.17, 15) is 9.90 Å². The van der Waals surface area contributed by atoms with Crippen LogP contribution in [0.5, 0.6) is 5.75 Å². The first-order valence-corrected chi connectivity index (χ1v) is 7.23. The number of phenolic OH excluding ortho intramolecular Hbond substituents is 1. The van der Waals surface area contributed by atoms with Crippen molar-refractivity contribution in [3.8, 4) is 5.75 Å². The van der Waals surface area contributed by atoms with Crippen molar-refractivity contribution in [2.75, 3.05) is 0 Å². The molecule has 3 heteroatoms. The first kappa shape index (κ1) is 11.9. The number of benzene rings is 1. The van der Waals surface area contributed by atoms with Gasteiger partial charge in [-0.3, -0.25) is 9.78 Å². The highest BCUT2D eigenvalue weighted by molar-refractivity contribution is 5.90. The molecule has 2 aromatic rings. The highest BCUT2D eigenvalue weighted by atomic mass is 16.3. The van der Waals surface area contributed by atoms with Gasteiger partial charge in [0.25, 0.3) is 0 Å². The fourth-order valence-electron chi connectivity index (χ4n) is 4.10. The second-order valence-corrected chi connectivity index (χ2v) is 6.33. The van der Waals surface area contributed by atoms with Crippen LogP contribution in [0.2, 0.25) is 0 Å². The van der Waals surface area contributed by atoms with Gasteiger partial charge < -0.3 is 5.11 Å². The van der Waals surface area contributed by atoms with Gasteiger partial charge in [-0.25, -0.2) is 0 Å². The third-order valence-electron chi connectivity index (χ3n) is 5.33. The molecule has 20 heavy (non-hydrogen) atoms. The van der Waals surface area contributed by atoms with Crippen molar-refractivity contribution in [1.29, 1.82) is 0 Å². The number of aromatic nitrogens is 1. The van der Waals surface area contributed by atoms with Gasteiger partial charge in [-0.15, -0.1) is 0 Å². The number of phenols is 1. The Hall–Kier alpha value is -1.90. The molecule has 1 saturated carbocycles. The van der Waals surface area contributed by atoms with Crippen LogP contribution in [-0.2, 0) is 11.2 Å². The molecule has 1 aromatic heterocycles. The molecule has 3 nitrogen and oxygen atoms in total. The number of carbonyl (C=O) groups excluding carboxylic acids is 1. The van der Waals surface area contributed by atoms with Crippen LogP contribution < -0.4 is 0 Å². The number of hydrogen-bond donors (Lipinski definition) is 1. The van der Waals surface area contributed by atoms with E-state index in [-0.39, 0.29) is 11.2 Å². The van der Waals surface area contributed by atoms with E-state index in [0.29, 0.717) is 18.1 Å². The van der Waals surface area contributed by atoms with Crippen LogP contribution in [0.1, 0.15) is 43.2 Å². The number of nitrogens with zero attached hydrogens (tertiary/aromatic N) is 1. The zero-order valence-corrected chi connectivity index (χ0v) is 11.5. The lowest BCUT2D eigenvalue weighted by molar-refractivity contribution is -0.126. The summed E-state index contributed by atoms with van der Waals surface area (Å²) in [6.45, 7) is 2.12. The summed E-state index contributed by atoms with van der Waals surface area (Å²) in [5.74, 6) is 0.991. The molecule has 2 atom stereocenters. The van der Waals surface area contributed by atoms with E-state index in [1.165, 1.54) is 11.1 Å². The Bertz CT molecular complexity index is 737. The summed E-state index contributed by atoms with van der Waals surface area (Å²) in [5, 5.41) is 10.7. The van der Waals surface area contributed by atoms with Gasteiger partial charge in [0.05, 0.1) is 5.52 Å². The lowest BCUT2D eigenvalue weighted by Crippen LogP contribution is -2.32. The summed E-state index contributed by atoms with van der Waals surface area (Å²) < 4.78 is 0. The molecular weight excluding hydrogens is 250 g/mol. The zero-order valence-electron chi connectivity index (χ0n) is 11.5. The topological polar surface area (TPSA) is 50.2 Å². The molecule has 1 fully saturated rings. The Morgan fingerprint density at radius 3 is 3.05 bits per heavy atom. The van der Waals surface area contributed by atoms with Crippen molar-refractivity contribution in [3.05, 3.63) is 35.5 Å². The molecule has 1 heterocycles. The Labute approximate surface area is 117 Å².